The molecule has 15 heavy (non-hydrogen) atoms. The fourth-order valence-corrected chi connectivity index (χ4v) is 1.43. The average Bonchev–Trinajstić information content (AvgIpc) is 2.53. The summed E-state index contributed by atoms with van der Waals surface area (Å²) in [5.41, 5.74) is 7.50. The predicted octanol–water partition coefficient (Wildman–Crippen LogP) is 1.87. The average molecular weight is 223 g/mol. The van der Waals surface area contributed by atoms with Gasteiger partial charge in [0.15, 0.2) is 0 Å². The zero-order chi connectivity index (χ0) is 10.8. The molecule has 0 unspecified atom stereocenters. The second-order valence-corrected chi connectivity index (χ2v) is 3.73. The molecule has 2 rings (SSSR count). The molecule has 0 amide bonds. The number of rotatable bonds is 2. The minimum Gasteiger partial charge on any atom is -0.384 e. The maximum atomic E-state index is 5.90. The van der Waals surface area contributed by atoms with Crippen LogP contribution in [0.1, 0.15) is 11.3 Å². The molecule has 2 heterocycles. The van der Waals surface area contributed by atoms with E-state index in [1.165, 1.54) is 0 Å². The van der Waals surface area contributed by atoms with E-state index in [1.54, 1.807) is 18.5 Å². The number of hydrogen-bond acceptors (Lipinski definition) is 3. The van der Waals surface area contributed by atoms with Crippen LogP contribution in [0.3, 0.4) is 0 Å². The van der Waals surface area contributed by atoms with Crippen molar-refractivity contribution in [2.75, 3.05) is 5.73 Å². The molecule has 78 valence electrons. The van der Waals surface area contributed by atoms with Gasteiger partial charge in [-0.3, -0.25) is 4.68 Å². The summed E-state index contributed by atoms with van der Waals surface area (Å²) in [6, 6.07) is 3.70. The molecule has 0 saturated carbocycles. The zero-order valence-electron chi connectivity index (χ0n) is 8.31. The Morgan fingerprint density at radius 1 is 1.40 bits per heavy atom. The molecule has 0 aliphatic rings. The first-order chi connectivity index (χ1) is 7.16. The number of halogens is 1. The Kier molecular flexibility index (Phi) is 2.60. The summed E-state index contributed by atoms with van der Waals surface area (Å²) in [7, 11) is 0. The van der Waals surface area contributed by atoms with E-state index in [0.717, 1.165) is 11.3 Å². The van der Waals surface area contributed by atoms with Crippen LogP contribution in [-0.4, -0.2) is 14.8 Å². The fraction of sp³-hybridized carbons (Fsp3) is 0.200. The molecule has 0 aliphatic heterocycles. The standard InChI is InChI=1S/C10H11ClN4/c1-7-9(11)5-14-15(7)6-8-2-3-10(12)13-4-8/h2-5H,6H2,1H3,(H2,12,13). The summed E-state index contributed by atoms with van der Waals surface area (Å²) in [4.78, 5) is 4.02. The number of nitrogens with two attached hydrogens (primary N) is 1. The third-order valence-corrected chi connectivity index (χ3v) is 2.59. The lowest BCUT2D eigenvalue weighted by Crippen LogP contribution is -2.04. The van der Waals surface area contributed by atoms with Gasteiger partial charge in [-0.05, 0) is 18.6 Å². The molecule has 0 atom stereocenters. The van der Waals surface area contributed by atoms with Crippen molar-refractivity contribution in [1.82, 2.24) is 14.8 Å². The van der Waals surface area contributed by atoms with Gasteiger partial charge in [0.2, 0.25) is 0 Å². The van der Waals surface area contributed by atoms with Crippen LogP contribution >= 0.6 is 11.6 Å². The van der Waals surface area contributed by atoms with Crippen molar-refractivity contribution >= 4 is 17.4 Å². The van der Waals surface area contributed by atoms with Gasteiger partial charge in [-0.1, -0.05) is 17.7 Å². The molecule has 2 aromatic heterocycles. The predicted molar refractivity (Wildman–Crippen MR) is 59.7 cm³/mol. The van der Waals surface area contributed by atoms with E-state index in [0.29, 0.717) is 17.4 Å². The van der Waals surface area contributed by atoms with Crippen molar-refractivity contribution < 1.29 is 0 Å². The highest BCUT2D eigenvalue weighted by Crippen LogP contribution is 2.14. The van der Waals surface area contributed by atoms with Crippen molar-refractivity contribution in [2.45, 2.75) is 13.5 Å². The third kappa shape index (κ3) is 2.10. The van der Waals surface area contributed by atoms with Crippen molar-refractivity contribution in [3.63, 3.8) is 0 Å². The Morgan fingerprint density at radius 2 is 2.20 bits per heavy atom. The highest BCUT2D eigenvalue weighted by molar-refractivity contribution is 6.31. The van der Waals surface area contributed by atoms with E-state index < -0.39 is 0 Å². The molecule has 0 radical (unpaired) electrons. The van der Waals surface area contributed by atoms with Gasteiger partial charge in [-0.2, -0.15) is 5.10 Å². The highest BCUT2D eigenvalue weighted by Gasteiger charge is 2.04. The molecule has 0 aliphatic carbocycles. The minimum atomic E-state index is 0.522. The number of nitrogens with zero attached hydrogens (tertiary/aromatic N) is 3. The lowest BCUT2D eigenvalue weighted by atomic mass is 10.3. The normalized spacial score (nSPS) is 10.5. The summed E-state index contributed by atoms with van der Waals surface area (Å²) in [5.74, 6) is 0.522. The first-order valence-electron chi connectivity index (χ1n) is 4.55. The molecule has 0 aromatic carbocycles. The maximum Gasteiger partial charge on any atom is 0.123 e. The van der Waals surface area contributed by atoms with Crippen LogP contribution in [0.4, 0.5) is 5.82 Å². The second kappa shape index (κ2) is 3.90. The van der Waals surface area contributed by atoms with E-state index in [-0.39, 0.29) is 0 Å². The molecule has 2 aromatic rings. The van der Waals surface area contributed by atoms with Gasteiger partial charge in [-0.25, -0.2) is 4.98 Å². The number of hydrogen-bond donors (Lipinski definition) is 1. The molecule has 0 fully saturated rings. The second-order valence-electron chi connectivity index (χ2n) is 3.33. The summed E-state index contributed by atoms with van der Waals surface area (Å²) in [6.45, 7) is 2.59. The van der Waals surface area contributed by atoms with E-state index in [4.69, 9.17) is 17.3 Å². The molecule has 0 spiro atoms. The first kappa shape index (κ1) is 9.98. The number of nitrogen functional groups attached to an aromatic ring is 1. The van der Waals surface area contributed by atoms with Crippen LogP contribution in [0.25, 0.3) is 0 Å². The number of aromatic nitrogens is 3. The topological polar surface area (TPSA) is 56.7 Å². The summed E-state index contributed by atoms with van der Waals surface area (Å²) < 4.78 is 1.83. The van der Waals surface area contributed by atoms with E-state index in [2.05, 4.69) is 10.1 Å². The minimum absolute atomic E-state index is 0.522. The van der Waals surface area contributed by atoms with Crippen LogP contribution in [0.2, 0.25) is 5.02 Å². The Balaban J connectivity index is 2.22. The molecule has 4 nitrogen and oxygen atoms in total. The molecule has 2 N–H and O–H groups in total. The lowest BCUT2D eigenvalue weighted by Gasteiger charge is -2.04. The van der Waals surface area contributed by atoms with E-state index >= 15 is 0 Å². The monoisotopic (exact) mass is 222 g/mol. The van der Waals surface area contributed by atoms with Crippen LogP contribution in [0.5, 0.6) is 0 Å². The molecular formula is C10H11ClN4. The van der Waals surface area contributed by atoms with E-state index in [9.17, 15) is 0 Å². The van der Waals surface area contributed by atoms with Crippen molar-refractivity contribution in [2.24, 2.45) is 0 Å². The number of pyridine rings is 1. The van der Waals surface area contributed by atoms with Gasteiger partial charge < -0.3 is 5.73 Å². The van der Waals surface area contributed by atoms with Crippen molar-refractivity contribution in [3.05, 3.63) is 40.8 Å². The molecule has 5 heteroatoms. The lowest BCUT2D eigenvalue weighted by molar-refractivity contribution is 0.663. The van der Waals surface area contributed by atoms with Gasteiger partial charge in [0.05, 0.1) is 23.5 Å². The van der Waals surface area contributed by atoms with Gasteiger partial charge in [0, 0.05) is 6.20 Å². The molecule has 0 bridgehead atoms. The van der Waals surface area contributed by atoms with Crippen LogP contribution in [0.15, 0.2) is 24.5 Å². The molecular weight excluding hydrogens is 212 g/mol. The van der Waals surface area contributed by atoms with Gasteiger partial charge in [0.25, 0.3) is 0 Å². The van der Waals surface area contributed by atoms with Crippen LogP contribution < -0.4 is 5.73 Å². The smallest absolute Gasteiger partial charge is 0.123 e. The summed E-state index contributed by atoms with van der Waals surface area (Å²) >= 11 is 5.90. The van der Waals surface area contributed by atoms with Crippen molar-refractivity contribution in [3.8, 4) is 0 Å². The van der Waals surface area contributed by atoms with Gasteiger partial charge in [0.1, 0.15) is 5.82 Å². The Morgan fingerprint density at radius 3 is 2.73 bits per heavy atom. The third-order valence-electron chi connectivity index (χ3n) is 2.22. The summed E-state index contributed by atoms with van der Waals surface area (Å²) in [6.07, 6.45) is 3.38. The summed E-state index contributed by atoms with van der Waals surface area (Å²) in [5, 5.41) is 4.84. The van der Waals surface area contributed by atoms with Gasteiger partial charge in [-0.15, -0.1) is 0 Å². The number of anilines is 1. The van der Waals surface area contributed by atoms with Crippen molar-refractivity contribution in [1.29, 1.82) is 0 Å². The fourth-order valence-electron chi connectivity index (χ4n) is 1.29. The quantitative estimate of drug-likeness (QED) is 0.844. The maximum absolute atomic E-state index is 5.90. The first-order valence-corrected chi connectivity index (χ1v) is 4.93. The Bertz CT molecular complexity index is 461. The van der Waals surface area contributed by atoms with Gasteiger partial charge >= 0.3 is 0 Å². The highest BCUT2D eigenvalue weighted by atomic mass is 35.5. The SMILES string of the molecule is Cc1c(Cl)cnn1Cc1ccc(N)nc1. The van der Waals surface area contributed by atoms with Crippen LogP contribution in [0, 0.1) is 6.92 Å². The zero-order valence-corrected chi connectivity index (χ0v) is 9.07. The molecule has 0 saturated heterocycles. The Hall–Kier alpha value is -1.55. The van der Waals surface area contributed by atoms with E-state index in [1.807, 2.05) is 17.7 Å². The van der Waals surface area contributed by atoms with Crippen LogP contribution in [-0.2, 0) is 6.54 Å². The largest absolute Gasteiger partial charge is 0.384 e. The Labute approximate surface area is 92.7 Å².